The van der Waals surface area contributed by atoms with Gasteiger partial charge in [-0.2, -0.15) is 0 Å². The van der Waals surface area contributed by atoms with Gasteiger partial charge in [-0.15, -0.1) is 11.8 Å². The van der Waals surface area contributed by atoms with Crippen LogP contribution in [0.1, 0.15) is 12.8 Å². The molecule has 2 atom stereocenters. The van der Waals surface area contributed by atoms with E-state index in [2.05, 4.69) is 41.1 Å². The summed E-state index contributed by atoms with van der Waals surface area (Å²) >= 11 is 2.09. The Labute approximate surface area is 83.0 Å². The highest BCUT2D eigenvalue weighted by Gasteiger charge is 2.46. The van der Waals surface area contributed by atoms with Crippen LogP contribution in [0.15, 0.2) is 29.3 Å². The van der Waals surface area contributed by atoms with Gasteiger partial charge >= 0.3 is 0 Å². The van der Waals surface area contributed by atoms with Crippen LogP contribution in [0.3, 0.4) is 0 Å². The van der Waals surface area contributed by atoms with E-state index in [0.717, 1.165) is 12.5 Å². The van der Waals surface area contributed by atoms with E-state index < -0.39 is 0 Å². The molecule has 2 heterocycles. The highest BCUT2D eigenvalue weighted by atomic mass is 32.2. The van der Waals surface area contributed by atoms with Gasteiger partial charge < -0.3 is 0 Å². The number of hydrogen-bond acceptors (Lipinski definition) is 2. The Hall–Kier alpha value is -0.500. The van der Waals surface area contributed by atoms with Crippen LogP contribution in [0.25, 0.3) is 0 Å². The summed E-state index contributed by atoms with van der Waals surface area (Å²) in [7, 11) is 0. The van der Waals surface area contributed by atoms with Crippen molar-refractivity contribution in [2.75, 3.05) is 12.3 Å². The van der Waals surface area contributed by atoms with Gasteiger partial charge in [0.1, 0.15) is 0 Å². The smallest absolute Gasteiger partial charge is 0.0786 e. The quantitative estimate of drug-likeness (QED) is 0.573. The summed E-state index contributed by atoms with van der Waals surface area (Å²) in [4.78, 5) is 4.64. The van der Waals surface area contributed by atoms with E-state index in [1.165, 1.54) is 24.3 Å². The molecular formula is C11H13NS. The molecule has 68 valence electrons. The predicted octanol–water partition coefficient (Wildman–Crippen LogP) is 2.45. The molecule has 2 heteroatoms. The molecule has 3 aliphatic rings. The zero-order chi connectivity index (χ0) is 8.73. The molecule has 0 amide bonds. The molecule has 0 saturated carbocycles. The minimum absolute atomic E-state index is 0.285. The second-order valence-electron chi connectivity index (χ2n) is 3.90. The van der Waals surface area contributed by atoms with Gasteiger partial charge in [-0.05, 0) is 30.6 Å². The van der Waals surface area contributed by atoms with E-state index >= 15 is 0 Å². The van der Waals surface area contributed by atoms with E-state index in [-0.39, 0.29) is 4.75 Å². The third kappa shape index (κ3) is 0.983. The molecule has 1 aliphatic carbocycles. The van der Waals surface area contributed by atoms with Gasteiger partial charge in [0.05, 0.1) is 10.5 Å². The topological polar surface area (TPSA) is 12.4 Å². The third-order valence-corrected chi connectivity index (χ3v) is 4.88. The molecule has 3 rings (SSSR count). The van der Waals surface area contributed by atoms with Crippen molar-refractivity contribution < 1.29 is 0 Å². The number of allylic oxidation sites excluding steroid dienone is 3. The van der Waals surface area contributed by atoms with Crippen LogP contribution in [0.5, 0.6) is 0 Å². The summed E-state index contributed by atoms with van der Waals surface area (Å²) < 4.78 is 0.285. The maximum absolute atomic E-state index is 4.64. The molecule has 1 fully saturated rings. The number of thioether (sulfide) groups is 1. The predicted molar refractivity (Wildman–Crippen MR) is 58.5 cm³/mol. The molecule has 13 heavy (non-hydrogen) atoms. The first-order valence-corrected chi connectivity index (χ1v) is 5.95. The van der Waals surface area contributed by atoms with E-state index in [9.17, 15) is 0 Å². The standard InChI is InChI=1S/C11H13NS/c1-2-6-11-9(5-8-13-11)4-7-12-10(11)3-1/h1-3,6,9H,4-5,7-8H2. The lowest BCUT2D eigenvalue weighted by atomic mass is 9.79. The van der Waals surface area contributed by atoms with Crippen LogP contribution >= 0.6 is 11.8 Å². The zero-order valence-electron chi connectivity index (χ0n) is 7.57. The van der Waals surface area contributed by atoms with E-state index in [4.69, 9.17) is 0 Å². The normalized spacial score (nSPS) is 41.2. The molecule has 0 aromatic carbocycles. The van der Waals surface area contributed by atoms with Gasteiger partial charge in [0.25, 0.3) is 0 Å². The first kappa shape index (κ1) is 7.86. The Kier molecular flexibility index (Phi) is 1.66. The van der Waals surface area contributed by atoms with Crippen molar-refractivity contribution in [2.45, 2.75) is 17.6 Å². The number of hydrogen-bond donors (Lipinski definition) is 0. The van der Waals surface area contributed by atoms with Gasteiger partial charge in [0.15, 0.2) is 0 Å². The van der Waals surface area contributed by atoms with Crippen LogP contribution in [-0.2, 0) is 0 Å². The Morgan fingerprint density at radius 1 is 1.38 bits per heavy atom. The third-order valence-electron chi connectivity index (χ3n) is 3.28. The fourth-order valence-electron chi connectivity index (χ4n) is 2.61. The van der Waals surface area contributed by atoms with Crippen molar-refractivity contribution in [2.24, 2.45) is 10.9 Å². The summed E-state index contributed by atoms with van der Waals surface area (Å²) in [6.45, 7) is 1.04. The van der Waals surface area contributed by atoms with Crippen LogP contribution < -0.4 is 0 Å². The van der Waals surface area contributed by atoms with Gasteiger partial charge in [-0.3, -0.25) is 4.99 Å². The van der Waals surface area contributed by atoms with Gasteiger partial charge in [0.2, 0.25) is 0 Å². The molecular weight excluding hydrogens is 178 g/mol. The van der Waals surface area contributed by atoms with Crippen molar-refractivity contribution >= 4 is 17.5 Å². The Bertz CT molecular complexity index is 316. The molecule has 2 unspecified atom stereocenters. The lowest BCUT2D eigenvalue weighted by Gasteiger charge is -2.36. The molecule has 1 saturated heterocycles. The fraction of sp³-hybridized carbons (Fsp3) is 0.545. The van der Waals surface area contributed by atoms with E-state index in [0.29, 0.717) is 0 Å². The first-order valence-electron chi connectivity index (χ1n) is 4.97. The average molecular weight is 191 g/mol. The van der Waals surface area contributed by atoms with Gasteiger partial charge in [0, 0.05) is 6.54 Å². The fourth-order valence-corrected chi connectivity index (χ4v) is 4.27. The molecule has 0 bridgehead atoms. The van der Waals surface area contributed by atoms with Crippen molar-refractivity contribution in [1.82, 2.24) is 0 Å². The second-order valence-corrected chi connectivity index (χ2v) is 5.27. The minimum atomic E-state index is 0.285. The van der Waals surface area contributed by atoms with Crippen LogP contribution in [0.2, 0.25) is 0 Å². The molecule has 0 N–H and O–H groups in total. The summed E-state index contributed by atoms with van der Waals surface area (Å²) in [5.74, 6) is 2.16. The molecule has 0 radical (unpaired) electrons. The SMILES string of the molecule is C1=CC2=NCCC3CCSC23C=C1. The lowest BCUT2D eigenvalue weighted by Crippen LogP contribution is -2.41. The highest BCUT2D eigenvalue weighted by Crippen LogP contribution is 2.49. The van der Waals surface area contributed by atoms with Gasteiger partial charge in [-0.25, -0.2) is 0 Å². The summed E-state index contributed by atoms with van der Waals surface area (Å²) in [5.41, 5.74) is 1.33. The lowest BCUT2D eigenvalue weighted by molar-refractivity contribution is 0.463. The van der Waals surface area contributed by atoms with Gasteiger partial charge in [-0.1, -0.05) is 18.2 Å². The molecule has 1 spiro atoms. The maximum Gasteiger partial charge on any atom is 0.0786 e. The molecule has 2 aliphatic heterocycles. The number of nitrogens with zero attached hydrogens (tertiary/aromatic N) is 1. The maximum atomic E-state index is 4.64. The summed E-state index contributed by atoms with van der Waals surface area (Å²) in [6, 6.07) is 0. The van der Waals surface area contributed by atoms with E-state index in [1.54, 1.807) is 0 Å². The van der Waals surface area contributed by atoms with Crippen LogP contribution in [0, 0.1) is 5.92 Å². The number of rotatable bonds is 0. The van der Waals surface area contributed by atoms with E-state index in [1.807, 2.05) is 0 Å². The zero-order valence-corrected chi connectivity index (χ0v) is 8.39. The molecule has 0 aromatic rings. The largest absolute Gasteiger partial charge is 0.288 e. The van der Waals surface area contributed by atoms with Crippen molar-refractivity contribution in [3.8, 4) is 0 Å². The first-order chi connectivity index (χ1) is 6.42. The Morgan fingerprint density at radius 3 is 3.38 bits per heavy atom. The molecule has 0 aromatic heterocycles. The molecule has 1 nitrogen and oxygen atoms in total. The summed E-state index contributed by atoms with van der Waals surface area (Å²) in [6.07, 6.45) is 11.5. The van der Waals surface area contributed by atoms with Crippen LogP contribution in [0.4, 0.5) is 0 Å². The van der Waals surface area contributed by atoms with Crippen LogP contribution in [-0.4, -0.2) is 22.8 Å². The second kappa shape index (κ2) is 2.74. The Balaban J connectivity index is 2.11. The average Bonchev–Trinajstić information content (AvgIpc) is 2.58. The highest BCUT2D eigenvalue weighted by molar-refractivity contribution is 8.01. The minimum Gasteiger partial charge on any atom is -0.288 e. The summed E-state index contributed by atoms with van der Waals surface area (Å²) in [5, 5.41) is 0. The van der Waals surface area contributed by atoms with Crippen molar-refractivity contribution in [1.29, 1.82) is 0 Å². The monoisotopic (exact) mass is 191 g/mol. The number of aliphatic imine (C=N–C) groups is 1. The Morgan fingerprint density at radius 2 is 2.38 bits per heavy atom. The van der Waals surface area contributed by atoms with Crippen molar-refractivity contribution in [3.05, 3.63) is 24.3 Å². The van der Waals surface area contributed by atoms with Crippen molar-refractivity contribution in [3.63, 3.8) is 0 Å².